The number of ether oxygens (including phenoxy) is 5. The third-order valence-electron chi connectivity index (χ3n) is 11.7. The summed E-state index contributed by atoms with van der Waals surface area (Å²) in [5.41, 5.74) is 9.69. The van der Waals surface area contributed by atoms with Gasteiger partial charge in [-0.25, -0.2) is 9.59 Å². The van der Waals surface area contributed by atoms with Crippen molar-refractivity contribution < 1.29 is 42.9 Å². The summed E-state index contributed by atoms with van der Waals surface area (Å²) >= 11 is 0. The van der Waals surface area contributed by atoms with Gasteiger partial charge in [-0.3, -0.25) is 9.59 Å². The van der Waals surface area contributed by atoms with Crippen LogP contribution in [0.5, 0.6) is 17.2 Å². The molecule has 1 unspecified atom stereocenters. The molecule has 67 heavy (non-hydrogen) atoms. The average Bonchev–Trinajstić information content (AvgIpc) is 3.68. The van der Waals surface area contributed by atoms with Crippen LogP contribution in [0.1, 0.15) is 75.4 Å². The summed E-state index contributed by atoms with van der Waals surface area (Å²) in [5.74, 6) is -0.196. The Bertz CT molecular complexity index is 2590. The molecule has 0 radical (unpaired) electrons. The van der Waals surface area contributed by atoms with Crippen molar-refractivity contribution in [3.8, 4) is 28.4 Å². The summed E-state index contributed by atoms with van der Waals surface area (Å²) in [5, 5.41) is 8.84. The first-order valence-corrected chi connectivity index (χ1v) is 22.1. The summed E-state index contributed by atoms with van der Waals surface area (Å²) in [6.07, 6.45) is 0.333. The molecule has 0 aliphatic heterocycles. The van der Waals surface area contributed by atoms with Gasteiger partial charge in [0.05, 0.1) is 26.3 Å². The van der Waals surface area contributed by atoms with Gasteiger partial charge in [0.15, 0.2) is 6.61 Å². The van der Waals surface area contributed by atoms with Crippen LogP contribution in [0.2, 0.25) is 0 Å². The lowest BCUT2D eigenvalue weighted by atomic mass is 9.97. The van der Waals surface area contributed by atoms with Crippen LogP contribution in [0.25, 0.3) is 11.1 Å². The first kappa shape index (κ1) is 47.1. The van der Waals surface area contributed by atoms with Crippen LogP contribution in [-0.4, -0.2) is 64.0 Å². The van der Waals surface area contributed by atoms with E-state index in [1.807, 2.05) is 111 Å². The third-order valence-corrected chi connectivity index (χ3v) is 11.7. The van der Waals surface area contributed by atoms with Crippen LogP contribution in [0, 0.1) is 13.8 Å². The molecule has 0 heterocycles. The molecule has 6 aromatic rings. The van der Waals surface area contributed by atoms with E-state index in [0.717, 1.165) is 44.5 Å². The number of esters is 1. The SMILES string of the molecule is C=CCOC(=O)[C@H](CCC(=O)NC(c1ccc(OCC(=O)NC(c2ccc(C)cc2)c2ccc(C)cc2)cc1)c1ccc(OC)cc1OC)NC(=O)OCC1c2ccccc2-c2ccccc21. The molecule has 344 valence electrons. The molecule has 1 aliphatic carbocycles. The van der Waals surface area contributed by atoms with Crippen molar-refractivity contribution in [1.29, 1.82) is 0 Å². The number of fused-ring (bicyclic) bond motifs is 3. The summed E-state index contributed by atoms with van der Waals surface area (Å²) in [6, 6.07) is 42.1. The zero-order valence-corrected chi connectivity index (χ0v) is 38.1. The van der Waals surface area contributed by atoms with E-state index in [0.29, 0.717) is 28.4 Å². The highest BCUT2D eigenvalue weighted by Gasteiger charge is 2.31. The fourth-order valence-electron chi connectivity index (χ4n) is 8.16. The normalized spacial score (nSPS) is 12.4. The Morgan fingerprint density at radius 2 is 1.18 bits per heavy atom. The van der Waals surface area contributed by atoms with Crippen molar-refractivity contribution in [3.63, 3.8) is 0 Å². The second-order valence-electron chi connectivity index (χ2n) is 16.3. The van der Waals surface area contributed by atoms with Gasteiger partial charge in [-0.05, 0) is 83.5 Å². The predicted octanol–water partition coefficient (Wildman–Crippen LogP) is 9.23. The lowest BCUT2D eigenvalue weighted by Gasteiger charge is -2.23. The minimum Gasteiger partial charge on any atom is -0.497 e. The number of hydrogen-bond acceptors (Lipinski definition) is 9. The molecule has 0 spiro atoms. The van der Waals surface area contributed by atoms with Crippen LogP contribution in [0.4, 0.5) is 4.79 Å². The maximum absolute atomic E-state index is 13.9. The molecule has 3 amide bonds. The highest BCUT2D eigenvalue weighted by atomic mass is 16.6. The van der Waals surface area contributed by atoms with Gasteiger partial charge in [0.2, 0.25) is 5.91 Å². The van der Waals surface area contributed by atoms with Crippen molar-refractivity contribution in [2.75, 3.05) is 34.0 Å². The van der Waals surface area contributed by atoms with Gasteiger partial charge in [-0.2, -0.15) is 0 Å². The fourth-order valence-corrected chi connectivity index (χ4v) is 8.16. The number of carbonyl (C=O) groups excluding carboxylic acids is 4. The smallest absolute Gasteiger partial charge is 0.407 e. The van der Waals surface area contributed by atoms with Gasteiger partial charge in [0.1, 0.15) is 36.5 Å². The highest BCUT2D eigenvalue weighted by molar-refractivity contribution is 5.84. The van der Waals surface area contributed by atoms with Gasteiger partial charge in [-0.15, -0.1) is 0 Å². The molecular formula is C55H55N3O9. The molecule has 7 rings (SSSR count). The van der Waals surface area contributed by atoms with Gasteiger partial charge in [0.25, 0.3) is 5.91 Å². The van der Waals surface area contributed by atoms with E-state index in [2.05, 4.69) is 22.5 Å². The molecule has 0 fully saturated rings. The van der Waals surface area contributed by atoms with E-state index in [9.17, 15) is 19.2 Å². The quantitative estimate of drug-likeness (QED) is 0.0504. The standard InChI is InChI=1S/C55H55N3O9/c1-6-31-65-54(61)48(56-55(62)67-33-47-44-13-9-7-11-42(44)43-12-8-10-14-45(43)47)29-30-50(59)57-53(46-28-27-41(63-4)32-49(46)64-5)39-23-25-40(26-24-39)66-34-51(60)58-52(37-19-15-35(2)16-20-37)38-21-17-36(3)18-22-38/h6-28,32,47-48,52-53H,1,29-31,33-34H2,2-5H3,(H,56,62)(H,57,59)(H,58,60)/t48-,53?/m0/s1. The zero-order valence-electron chi connectivity index (χ0n) is 38.1. The molecule has 0 saturated heterocycles. The highest BCUT2D eigenvalue weighted by Crippen LogP contribution is 2.44. The van der Waals surface area contributed by atoms with Gasteiger partial charge in [0, 0.05) is 24.0 Å². The van der Waals surface area contributed by atoms with Crippen LogP contribution >= 0.6 is 0 Å². The molecule has 2 atom stereocenters. The first-order valence-electron chi connectivity index (χ1n) is 22.1. The minimum absolute atomic E-state index is 0.0413. The fraction of sp³-hybridized carbons (Fsp3) is 0.236. The molecule has 12 nitrogen and oxygen atoms in total. The number of aryl methyl sites for hydroxylation is 2. The summed E-state index contributed by atoms with van der Waals surface area (Å²) < 4.78 is 28.2. The maximum Gasteiger partial charge on any atom is 0.407 e. The van der Waals surface area contributed by atoms with E-state index >= 15 is 0 Å². The van der Waals surface area contributed by atoms with Crippen LogP contribution in [-0.2, 0) is 23.9 Å². The predicted molar refractivity (Wildman–Crippen MR) is 256 cm³/mol. The lowest BCUT2D eigenvalue weighted by molar-refractivity contribution is -0.145. The molecule has 0 aromatic heterocycles. The number of rotatable bonds is 20. The van der Waals surface area contributed by atoms with Gasteiger partial charge in [-0.1, -0.05) is 133 Å². The molecule has 0 saturated carbocycles. The van der Waals surface area contributed by atoms with Crippen LogP contribution in [0.15, 0.2) is 152 Å². The van der Waals surface area contributed by atoms with Gasteiger partial charge < -0.3 is 39.6 Å². The first-order chi connectivity index (χ1) is 32.5. The molecule has 6 aromatic carbocycles. The summed E-state index contributed by atoms with van der Waals surface area (Å²) in [6.45, 7) is 7.37. The Hall–Kier alpha value is -7.86. The topological polar surface area (TPSA) is 151 Å². The Labute approximate surface area is 391 Å². The number of amides is 3. The molecule has 1 aliphatic rings. The number of alkyl carbamates (subject to hydrolysis) is 1. The van der Waals surface area contributed by atoms with Crippen molar-refractivity contribution >= 4 is 23.9 Å². The Morgan fingerprint density at radius 3 is 1.76 bits per heavy atom. The maximum atomic E-state index is 13.9. The van der Waals surface area contributed by atoms with Crippen molar-refractivity contribution in [2.45, 2.75) is 50.7 Å². The van der Waals surface area contributed by atoms with Gasteiger partial charge >= 0.3 is 12.1 Å². The zero-order chi connectivity index (χ0) is 47.3. The average molecular weight is 902 g/mol. The Balaban J connectivity index is 1.02. The van der Waals surface area contributed by atoms with E-state index in [4.69, 9.17) is 23.7 Å². The number of methoxy groups -OCH3 is 2. The largest absolute Gasteiger partial charge is 0.497 e. The monoisotopic (exact) mass is 901 g/mol. The Morgan fingerprint density at radius 1 is 0.627 bits per heavy atom. The summed E-state index contributed by atoms with van der Waals surface area (Å²) in [4.78, 5) is 53.8. The molecule has 0 bridgehead atoms. The summed E-state index contributed by atoms with van der Waals surface area (Å²) in [7, 11) is 3.07. The second kappa shape index (κ2) is 22.4. The van der Waals surface area contributed by atoms with Crippen molar-refractivity contribution in [2.24, 2.45) is 0 Å². The number of hydrogen-bond donors (Lipinski definition) is 3. The lowest BCUT2D eigenvalue weighted by Crippen LogP contribution is -2.43. The number of benzene rings is 6. The number of carbonyl (C=O) groups is 4. The van der Waals surface area contributed by atoms with Crippen LogP contribution < -0.4 is 30.2 Å². The van der Waals surface area contributed by atoms with E-state index < -0.39 is 30.1 Å². The number of nitrogens with one attached hydrogen (secondary N) is 3. The second-order valence-corrected chi connectivity index (χ2v) is 16.3. The molecular weight excluding hydrogens is 847 g/mol. The van der Waals surface area contributed by atoms with E-state index in [-0.39, 0.29) is 50.5 Å². The minimum atomic E-state index is -1.20. The molecule has 12 heteroatoms. The van der Waals surface area contributed by atoms with E-state index in [1.165, 1.54) is 13.2 Å². The van der Waals surface area contributed by atoms with Crippen LogP contribution in [0.3, 0.4) is 0 Å². The van der Waals surface area contributed by atoms with Crippen molar-refractivity contribution in [1.82, 2.24) is 16.0 Å². The third kappa shape index (κ3) is 11.9. The van der Waals surface area contributed by atoms with E-state index in [1.54, 1.807) is 49.6 Å². The molecule has 3 N–H and O–H groups in total. The van der Waals surface area contributed by atoms with Crippen molar-refractivity contribution in [3.05, 3.63) is 197 Å². The Kier molecular flexibility index (Phi) is 15.7.